The zero-order chi connectivity index (χ0) is 29.2. The number of ether oxygens (including phenoxy) is 1. The van der Waals surface area contributed by atoms with Crippen molar-refractivity contribution < 1.29 is 23.9 Å². The zero-order valence-electron chi connectivity index (χ0n) is 24.1. The van der Waals surface area contributed by atoms with Gasteiger partial charge in [0.25, 0.3) is 5.91 Å². The van der Waals surface area contributed by atoms with Crippen molar-refractivity contribution in [2.75, 3.05) is 6.54 Å². The molecule has 0 aromatic carbocycles. The second-order valence-electron chi connectivity index (χ2n) is 11.8. The fourth-order valence-corrected chi connectivity index (χ4v) is 4.92. The van der Waals surface area contributed by atoms with E-state index in [4.69, 9.17) is 4.74 Å². The van der Waals surface area contributed by atoms with Crippen LogP contribution in [0, 0.1) is 11.3 Å². The number of nitrogens with one attached hydrogen (secondary N) is 3. The molecular formula is C29H40N6O5. The number of hydrazine groups is 1. The Kier molecular flexibility index (Phi) is 8.72. The molecule has 4 heterocycles. The number of nitrogens with zero attached hydrogens (tertiary/aromatic N) is 3. The molecule has 0 saturated carbocycles. The number of rotatable bonds is 1. The maximum Gasteiger partial charge on any atom is 0.325 e. The highest BCUT2D eigenvalue weighted by molar-refractivity contribution is 5.93. The molecule has 1 fully saturated rings. The fraction of sp³-hybridized carbons (Fsp3) is 0.586. The Morgan fingerprint density at radius 3 is 2.52 bits per heavy atom. The molecule has 4 rings (SSSR count). The summed E-state index contributed by atoms with van der Waals surface area (Å²) in [7, 11) is 0. The lowest BCUT2D eigenvalue weighted by atomic mass is 9.85. The van der Waals surface area contributed by atoms with Crippen molar-refractivity contribution >= 4 is 34.6 Å². The maximum atomic E-state index is 13.3. The summed E-state index contributed by atoms with van der Waals surface area (Å²) >= 11 is 0. The third kappa shape index (κ3) is 6.57. The number of aryl methyl sites for hydroxylation is 1. The van der Waals surface area contributed by atoms with Crippen molar-refractivity contribution in [3.8, 4) is 0 Å². The SMILES string of the molecule is CC(C)[C@@H]1NC(=O)C(C)(C)CCc2cc3cc(cnc3cn2)[C@@H](C)OC(=O)[C@@H]2CCCN(N2)C(=O)[C@H](C)NC1=O. The van der Waals surface area contributed by atoms with Crippen LogP contribution in [0.15, 0.2) is 24.5 Å². The smallest absolute Gasteiger partial charge is 0.325 e. The van der Waals surface area contributed by atoms with Gasteiger partial charge in [0, 0.05) is 34.8 Å². The summed E-state index contributed by atoms with van der Waals surface area (Å²) < 4.78 is 5.77. The zero-order valence-corrected chi connectivity index (χ0v) is 24.1. The average Bonchev–Trinajstić information content (AvgIpc) is 2.92. The van der Waals surface area contributed by atoms with E-state index in [1.54, 1.807) is 26.2 Å². The van der Waals surface area contributed by atoms with Crippen LogP contribution in [-0.2, 0) is 30.3 Å². The van der Waals surface area contributed by atoms with Crippen molar-refractivity contribution in [2.24, 2.45) is 11.3 Å². The lowest BCUT2D eigenvalue weighted by Crippen LogP contribution is -2.61. The second kappa shape index (κ2) is 11.9. The van der Waals surface area contributed by atoms with Gasteiger partial charge in [-0.05, 0) is 57.6 Å². The van der Waals surface area contributed by atoms with Gasteiger partial charge in [0.1, 0.15) is 24.2 Å². The highest BCUT2D eigenvalue weighted by atomic mass is 16.5. The van der Waals surface area contributed by atoms with Gasteiger partial charge in [-0.1, -0.05) is 27.7 Å². The molecule has 3 N–H and O–H groups in total. The topological polar surface area (TPSA) is 143 Å². The van der Waals surface area contributed by atoms with Crippen molar-refractivity contribution in [2.45, 2.75) is 91.5 Å². The molecule has 4 atom stereocenters. The molecule has 0 spiro atoms. The Morgan fingerprint density at radius 1 is 1.05 bits per heavy atom. The molecule has 11 nitrogen and oxygen atoms in total. The van der Waals surface area contributed by atoms with Crippen LogP contribution in [0.25, 0.3) is 10.9 Å². The Hall–Kier alpha value is -3.60. The summed E-state index contributed by atoms with van der Waals surface area (Å²) in [6.07, 6.45) is 4.96. The number of hydrogen-bond acceptors (Lipinski definition) is 8. The molecule has 3 amide bonds. The van der Waals surface area contributed by atoms with Crippen molar-refractivity contribution in [1.29, 1.82) is 0 Å². The molecule has 11 heteroatoms. The molecule has 0 unspecified atom stereocenters. The number of pyridine rings is 2. The first-order valence-electron chi connectivity index (χ1n) is 14.0. The van der Waals surface area contributed by atoms with Gasteiger partial charge in [0.05, 0.1) is 11.7 Å². The number of carbonyl (C=O) groups is 4. The van der Waals surface area contributed by atoms with E-state index in [9.17, 15) is 19.2 Å². The Labute approximate surface area is 234 Å². The van der Waals surface area contributed by atoms with Gasteiger partial charge < -0.3 is 15.4 Å². The molecule has 216 valence electrons. The molecule has 0 aliphatic carbocycles. The largest absolute Gasteiger partial charge is 0.457 e. The van der Waals surface area contributed by atoms with E-state index in [0.29, 0.717) is 37.7 Å². The quantitative estimate of drug-likeness (QED) is 0.458. The summed E-state index contributed by atoms with van der Waals surface area (Å²) in [5, 5.41) is 7.88. The molecule has 2 aliphatic heterocycles. The number of aromatic nitrogens is 2. The molecular weight excluding hydrogens is 512 g/mol. The average molecular weight is 553 g/mol. The summed E-state index contributed by atoms with van der Waals surface area (Å²) in [4.78, 5) is 61.8. The molecule has 2 aliphatic rings. The van der Waals surface area contributed by atoms with Crippen LogP contribution in [0.1, 0.15) is 78.2 Å². The standard InChI is InChI=1S/C29H40N6O5/c1-16(2)24-25(36)32-17(3)26(37)35-11-7-8-22(34-35)27(38)40-18(4)20-12-19-13-21(30-15-23(19)31-14-20)9-10-29(5,6)28(39)33-24/h12-18,22,24,34H,7-11H2,1-6H3,(H,32,36)(H,33,39)/t17-,18+,22-,24-/m0/s1. The number of carbonyl (C=O) groups excluding carboxylic acids is 4. The van der Waals surface area contributed by atoms with Gasteiger partial charge in [-0.15, -0.1) is 0 Å². The lowest BCUT2D eigenvalue weighted by Gasteiger charge is -2.35. The van der Waals surface area contributed by atoms with Crippen molar-refractivity contribution in [3.05, 3.63) is 35.8 Å². The predicted molar refractivity (Wildman–Crippen MR) is 148 cm³/mol. The first kappa shape index (κ1) is 29.4. The fourth-order valence-electron chi connectivity index (χ4n) is 4.92. The van der Waals surface area contributed by atoms with Gasteiger partial charge in [0.2, 0.25) is 11.8 Å². The molecule has 5 bridgehead atoms. The number of fused-ring (bicyclic) bond motifs is 4. The van der Waals surface area contributed by atoms with Gasteiger partial charge >= 0.3 is 5.97 Å². The molecule has 40 heavy (non-hydrogen) atoms. The minimum atomic E-state index is -0.871. The summed E-state index contributed by atoms with van der Waals surface area (Å²) in [6, 6.07) is 1.48. The van der Waals surface area contributed by atoms with Crippen LogP contribution in [0.4, 0.5) is 0 Å². The van der Waals surface area contributed by atoms with Crippen molar-refractivity contribution in [3.63, 3.8) is 0 Å². The number of cyclic esters (lactones) is 1. The van der Waals surface area contributed by atoms with E-state index in [0.717, 1.165) is 16.6 Å². The van der Waals surface area contributed by atoms with Gasteiger partial charge in [0.15, 0.2) is 0 Å². The van der Waals surface area contributed by atoms with Crippen LogP contribution in [-0.4, -0.2) is 63.3 Å². The first-order valence-corrected chi connectivity index (χ1v) is 14.0. The predicted octanol–water partition coefficient (Wildman–Crippen LogP) is 2.35. The van der Waals surface area contributed by atoms with E-state index < -0.39 is 41.5 Å². The maximum absolute atomic E-state index is 13.3. The van der Waals surface area contributed by atoms with Gasteiger partial charge in [-0.25, -0.2) is 5.43 Å². The second-order valence-corrected chi connectivity index (χ2v) is 11.8. The lowest BCUT2D eigenvalue weighted by molar-refractivity contribution is -0.157. The molecule has 1 saturated heterocycles. The van der Waals surface area contributed by atoms with E-state index in [2.05, 4.69) is 26.0 Å². The molecule has 2 aromatic rings. The highest BCUT2D eigenvalue weighted by Gasteiger charge is 2.36. The van der Waals surface area contributed by atoms with Crippen molar-refractivity contribution in [1.82, 2.24) is 31.0 Å². The first-order chi connectivity index (χ1) is 18.9. The minimum Gasteiger partial charge on any atom is -0.457 e. The van der Waals surface area contributed by atoms with E-state index >= 15 is 0 Å². The number of esters is 1. The third-order valence-electron chi connectivity index (χ3n) is 7.73. The normalized spacial score (nSPS) is 26.8. The summed E-state index contributed by atoms with van der Waals surface area (Å²) in [6.45, 7) is 11.1. The Balaban J connectivity index is 1.66. The summed E-state index contributed by atoms with van der Waals surface area (Å²) in [5.41, 5.74) is 4.46. The monoisotopic (exact) mass is 552 g/mol. The van der Waals surface area contributed by atoms with Crippen LogP contribution < -0.4 is 16.1 Å². The minimum absolute atomic E-state index is 0.207. The van der Waals surface area contributed by atoms with E-state index in [-0.39, 0.29) is 17.7 Å². The number of hydrogen-bond donors (Lipinski definition) is 3. The summed E-state index contributed by atoms with van der Waals surface area (Å²) in [5.74, 6) is -1.73. The van der Waals surface area contributed by atoms with Crippen LogP contribution >= 0.6 is 0 Å². The number of amides is 3. The Morgan fingerprint density at radius 2 is 1.80 bits per heavy atom. The van der Waals surface area contributed by atoms with Gasteiger partial charge in [-0.3, -0.25) is 34.2 Å². The van der Waals surface area contributed by atoms with Crippen LogP contribution in [0.5, 0.6) is 0 Å². The van der Waals surface area contributed by atoms with Crippen LogP contribution in [0.3, 0.4) is 0 Å². The highest BCUT2D eigenvalue weighted by Crippen LogP contribution is 2.26. The Bertz CT molecular complexity index is 1290. The molecule has 2 aromatic heterocycles. The third-order valence-corrected chi connectivity index (χ3v) is 7.73. The van der Waals surface area contributed by atoms with Crippen LogP contribution in [0.2, 0.25) is 0 Å². The molecule has 0 radical (unpaired) electrons. The van der Waals surface area contributed by atoms with E-state index in [1.807, 2.05) is 39.8 Å². The van der Waals surface area contributed by atoms with E-state index in [1.165, 1.54) is 5.01 Å². The van der Waals surface area contributed by atoms with Gasteiger partial charge in [-0.2, -0.15) is 0 Å².